The Hall–Kier alpha value is -2.87. The number of aliphatic hydroxyl groups is 1. The molecule has 3 aromatic carbocycles. The molecular formula is C24H27NO5S. The summed E-state index contributed by atoms with van der Waals surface area (Å²) in [6.07, 6.45) is -0.591. The molecule has 3 rings (SSSR count). The predicted octanol–water partition coefficient (Wildman–Crippen LogP) is 3.45. The molecular weight excluding hydrogens is 414 g/mol. The van der Waals surface area contributed by atoms with Crippen molar-refractivity contribution in [1.29, 1.82) is 0 Å². The minimum Gasteiger partial charge on any atom is -0.497 e. The fourth-order valence-corrected chi connectivity index (χ4v) is 4.35. The fourth-order valence-electron chi connectivity index (χ4n) is 3.05. The second-order valence-electron chi connectivity index (χ2n) is 7.12. The van der Waals surface area contributed by atoms with Crippen molar-refractivity contribution in [3.05, 3.63) is 84.4 Å². The van der Waals surface area contributed by atoms with Gasteiger partial charge in [0.15, 0.2) is 6.23 Å². The summed E-state index contributed by atoms with van der Waals surface area (Å²) < 4.78 is 36.6. The van der Waals surface area contributed by atoms with Crippen LogP contribution in [0.4, 0.5) is 0 Å². The van der Waals surface area contributed by atoms with Crippen LogP contribution in [-0.4, -0.2) is 39.5 Å². The number of nitrogens with one attached hydrogen (secondary N) is 1. The lowest BCUT2D eigenvalue weighted by Crippen LogP contribution is -2.43. The number of ether oxygens (including phenoxy) is 2. The zero-order valence-electron chi connectivity index (χ0n) is 17.6. The number of para-hydroxylation sites is 1. The molecule has 2 N–H and O–H groups in total. The number of rotatable bonds is 10. The number of hydrogen-bond acceptors (Lipinski definition) is 6. The number of hydrogen-bond donors (Lipinski definition) is 2. The van der Waals surface area contributed by atoms with E-state index in [4.69, 9.17) is 9.47 Å². The first-order valence-corrected chi connectivity index (χ1v) is 11.5. The van der Waals surface area contributed by atoms with Crippen LogP contribution in [0.2, 0.25) is 0 Å². The van der Waals surface area contributed by atoms with Crippen LogP contribution in [0.25, 0.3) is 0 Å². The molecule has 6 nitrogen and oxygen atoms in total. The molecule has 0 amide bonds. The van der Waals surface area contributed by atoms with Gasteiger partial charge in [-0.1, -0.05) is 36.4 Å². The molecule has 164 valence electrons. The molecule has 0 fully saturated rings. The zero-order valence-corrected chi connectivity index (χ0v) is 18.4. The number of benzene rings is 3. The summed E-state index contributed by atoms with van der Waals surface area (Å²) in [5.74, 6) is 1.17. The molecule has 7 heteroatoms. The third-order valence-electron chi connectivity index (χ3n) is 4.79. The summed E-state index contributed by atoms with van der Waals surface area (Å²) in [6.45, 7) is 2.23. The molecule has 0 aromatic heterocycles. The molecule has 0 aliphatic carbocycles. The van der Waals surface area contributed by atoms with Crippen LogP contribution < -0.4 is 14.8 Å². The highest BCUT2D eigenvalue weighted by Crippen LogP contribution is 2.24. The maximum absolute atomic E-state index is 12.9. The monoisotopic (exact) mass is 441 g/mol. The van der Waals surface area contributed by atoms with E-state index < -0.39 is 22.2 Å². The molecule has 0 spiro atoms. The summed E-state index contributed by atoms with van der Waals surface area (Å²) in [5.41, 5.74) is 0.973. The van der Waals surface area contributed by atoms with Crippen LogP contribution in [0.3, 0.4) is 0 Å². The number of aliphatic hydroxyl groups excluding tert-OH is 1. The van der Waals surface area contributed by atoms with Crippen molar-refractivity contribution in [2.24, 2.45) is 0 Å². The average Bonchev–Trinajstić information content (AvgIpc) is 2.79. The largest absolute Gasteiger partial charge is 0.497 e. The van der Waals surface area contributed by atoms with Gasteiger partial charge in [0.25, 0.3) is 0 Å². The Kier molecular flexibility index (Phi) is 7.68. The number of methoxy groups -OCH3 is 1. The van der Waals surface area contributed by atoms with Gasteiger partial charge in [-0.3, -0.25) is 5.32 Å². The normalized spacial score (nSPS) is 13.4. The van der Waals surface area contributed by atoms with Crippen LogP contribution in [-0.2, 0) is 16.3 Å². The summed E-state index contributed by atoms with van der Waals surface area (Å²) in [7, 11) is -2.12. The van der Waals surface area contributed by atoms with Crippen LogP contribution in [0.15, 0.2) is 88.7 Å². The zero-order chi connectivity index (χ0) is 22.3. The first-order chi connectivity index (χ1) is 14.9. The molecule has 0 saturated carbocycles. The smallest absolute Gasteiger partial charge is 0.206 e. The lowest BCUT2D eigenvalue weighted by molar-refractivity contribution is 0.0274. The quantitative estimate of drug-likeness (QED) is 0.469. The van der Waals surface area contributed by atoms with Crippen LogP contribution in [0.1, 0.15) is 12.5 Å². The molecule has 0 radical (unpaired) electrons. The van der Waals surface area contributed by atoms with E-state index in [0.717, 1.165) is 5.56 Å². The van der Waals surface area contributed by atoms with Gasteiger partial charge in [-0.05, 0) is 61.4 Å². The van der Waals surface area contributed by atoms with Crippen molar-refractivity contribution in [1.82, 2.24) is 5.32 Å². The van der Waals surface area contributed by atoms with E-state index in [1.54, 1.807) is 49.4 Å². The predicted molar refractivity (Wildman–Crippen MR) is 119 cm³/mol. The van der Waals surface area contributed by atoms with Gasteiger partial charge in [-0.25, -0.2) is 8.42 Å². The highest BCUT2D eigenvalue weighted by molar-refractivity contribution is 7.91. The molecule has 3 aromatic rings. The van der Waals surface area contributed by atoms with Gasteiger partial charge in [0.2, 0.25) is 9.84 Å². The van der Waals surface area contributed by atoms with Gasteiger partial charge in [-0.15, -0.1) is 0 Å². The first-order valence-electron chi connectivity index (χ1n) is 10.0. The van der Waals surface area contributed by atoms with Crippen molar-refractivity contribution in [3.63, 3.8) is 0 Å². The van der Waals surface area contributed by atoms with Crippen molar-refractivity contribution in [2.75, 3.05) is 13.7 Å². The molecule has 0 bridgehead atoms. The van der Waals surface area contributed by atoms with Gasteiger partial charge in [0.05, 0.1) is 16.9 Å². The first kappa shape index (κ1) is 22.8. The summed E-state index contributed by atoms with van der Waals surface area (Å²) in [5, 5.41) is 13.2. The second kappa shape index (κ2) is 10.4. The minimum atomic E-state index is -3.62. The molecule has 0 saturated heterocycles. The molecule has 0 aliphatic rings. The minimum absolute atomic E-state index is 0.194. The SMILES string of the molecule is COc1cccc(S(=O)(=O)c2ccc(CCNC(Oc3ccccc3)C(C)O)cc2)c1. The third-order valence-corrected chi connectivity index (χ3v) is 6.56. The number of sulfone groups is 1. The van der Waals surface area contributed by atoms with Gasteiger partial charge < -0.3 is 14.6 Å². The highest BCUT2D eigenvalue weighted by atomic mass is 32.2. The second-order valence-corrected chi connectivity index (χ2v) is 9.07. The molecule has 31 heavy (non-hydrogen) atoms. The average molecular weight is 442 g/mol. The topological polar surface area (TPSA) is 84.9 Å². The third kappa shape index (κ3) is 6.07. The van der Waals surface area contributed by atoms with Crippen molar-refractivity contribution >= 4 is 9.84 Å². The Morgan fingerprint density at radius 1 is 0.903 bits per heavy atom. The van der Waals surface area contributed by atoms with Gasteiger partial charge in [0.1, 0.15) is 17.6 Å². The van der Waals surface area contributed by atoms with Crippen LogP contribution >= 0.6 is 0 Å². The Morgan fingerprint density at radius 2 is 1.58 bits per heavy atom. The van der Waals surface area contributed by atoms with Crippen LogP contribution in [0, 0.1) is 0 Å². The van der Waals surface area contributed by atoms with E-state index in [1.807, 2.05) is 30.3 Å². The van der Waals surface area contributed by atoms with E-state index in [-0.39, 0.29) is 9.79 Å². The lowest BCUT2D eigenvalue weighted by atomic mass is 10.1. The maximum atomic E-state index is 12.9. The van der Waals surface area contributed by atoms with E-state index in [9.17, 15) is 13.5 Å². The van der Waals surface area contributed by atoms with Crippen LogP contribution in [0.5, 0.6) is 11.5 Å². The standard InChI is InChI=1S/C24H27NO5S/c1-18(26)24(30-20-7-4-3-5-8-20)25-16-15-19-11-13-22(14-12-19)31(27,28)23-10-6-9-21(17-23)29-2/h3-14,17-18,24-26H,15-16H2,1-2H3. The van der Waals surface area contributed by atoms with E-state index in [2.05, 4.69) is 5.32 Å². The van der Waals surface area contributed by atoms with E-state index in [0.29, 0.717) is 24.5 Å². The van der Waals surface area contributed by atoms with Gasteiger partial charge >= 0.3 is 0 Å². The Labute approximate surface area is 183 Å². The fraction of sp³-hybridized carbons (Fsp3) is 0.250. The molecule has 0 heterocycles. The van der Waals surface area contributed by atoms with Gasteiger partial charge in [0, 0.05) is 6.54 Å². The molecule has 0 aliphatic heterocycles. The van der Waals surface area contributed by atoms with Crippen molar-refractivity contribution in [2.45, 2.75) is 35.5 Å². The summed E-state index contributed by atoms with van der Waals surface area (Å²) in [4.78, 5) is 0.422. The van der Waals surface area contributed by atoms with E-state index in [1.165, 1.54) is 13.2 Å². The van der Waals surface area contributed by atoms with Crippen molar-refractivity contribution in [3.8, 4) is 11.5 Å². The van der Waals surface area contributed by atoms with E-state index >= 15 is 0 Å². The summed E-state index contributed by atoms with van der Waals surface area (Å²) >= 11 is 0. The molecule has 2 unspecified atom stereocenters. The summed E-state index contributed by atoms with van der Waals surface area (Å²) in [6, 6.07) is 22.5. The Bertz CT molecular complexity index is 1070. The maximum Gasteiger partial charge on any atom is 0.206 e. The Morgan fingerprint density at radius 3 is 2.23 bits per heavy atom. The van der Waals surface area contributed by atoms with Gasteiger partial charge in [-0.2, -0.15) is 0 Å². The lowest BCUT2D eigenvalue weighted by Gasteiger charge is -2.23. The van der Waals surface area contributed by atoms with Crippen molar-refractivity contribution < 1.29 is 23.0 Å². The molecule has 2 atom stereocenters. The highest BCUT2D eigenvalue weighted by Gasteiger charge is 2.19. The Balaban J connectivity index is 1.61.